The molecule has 1 aliphatic rings. The van der Waals surface area contributed by atoms with Crippen LogP contribution in [0.25, 0.3) is 0 Å². The van der Waals surface area contributed by atoms with Crippen LogP contribution in [-0.4, -0.2) is 65.3 Å². The van der Waals surface area contributed by atoms with Gasteiger partial charge in [0, 0.05) is 62.4 Å². The molecule has 0 atom stereocenters. The van der Waals surface area contributed by atoms with Gasteiger partial charge in [-0.2, -0.15) is 0 Å². The Labute approximate surface area is 211 Å². The van der Waals surface area contributed by atoms with Crippen molar-refractivity contribution in [1.29, 1.82) is 0 Å². The highest BCUT2D eigenvalue weighted by molar-refractivity contribution is 6.07. The Balaban J connectivity index is 1.55. The minimum Gasteiger partial charge on any atom is -0.506 e. The van der Waals surface area contributed by atoms with Crippen LogP contribution in [0.4, 0.5) is 11.4 Å². The third-order valence-electron chi connectivity index (χ3n) is 6.03. The van der Waals surface area contributed by atoms with Gasteiger partial charge in [0.15, 0.2) is 0 Å². The summed E-state index contributed by atoms with van der Waals surface area (Å²) in [5.74, 6) is 5.89. The van der Waals surface area contributed by atoms with E-state index in [0.717, 1.165) is 44.1 Å². The SMILES string of the molecule is CCN(CC)c1cc(C#Cc2ccc(CN3CCOCC3)nc2)cc(O)c1NC(=O)c1cccnc1. The van der Waals surface area contributed by atoms with Gasteiger partial charge in [0.1, 0.15) is 11.4 Å². The number of anilines is 2. The molecule has 0 unspecified atom stereocenters. The van der Waals surface area contributed by atoms with Gasteiger partial charge in [0.05, 0.1) is 30.2 Å². The number of amides is 1. The maximum Gasteiger partial charge on any atom is 0.257 e. The Bertz CT molecular complexity index is 1230. The molecule has 36 heavy (non-hydrogen) atoms. The van der Waals surface area contributed by atoms with Crippen molar-refractivity contribution < 1.29 is 14.6 Å². The van der Waals surface area contributed by atoms with E-state index in [1.54, 1.807) is 30.6 Å². The number of hydrogen-bond acceptors (Lipinski definition) is 7. The van der Waals surface area contributed by atoms with E-state index in [9.17, 15) is 9.90 Å². The number of benzene rings is 1. The zero-order valence-corrected chi connectivity index (χ0v) is 20.7. The monoisotopic (exact) mass is 485 g/mol. The fourth-order valence-electron chi connectivity index (χ4n) is 4.03. The van der Waals surface area contributed by atoms with Crippen molar-refractivity contribution in [3.05, 3.63) is 77.4 Å². The second-order valence-corrected chi connectivity index (χ2v) is 8.43. The maximum absolute atomic E-state index is 12.7. The van der Waals surface area contributed by atoms with E-state index in [4.69, 9.17) is 4.74 Å². The summed E-state index contributed by atoms with van der Waals surface area (Å²) in [6.45, 7) is 9.61. The molecule has 1 fully saturated rings. The molecule has 0 saturated carbocycles. The molecular weight excluding hydrogens is 454 g/mol. The van der Waals surface area contributed by atoms with Crippen LogP contribution < -0.4 is 10.2 Å². The van der Waals surface area contributed by atoms with Gasteiger partial charge in [0.2, 0.25) is 0 Å². The van der Waals surface area contributed by atoms with E-state index in [2.05, 4.69) is 36.9 Å². The molecule has 3 heterocycles. The number of aromatic hydroxyl groups is 1. The van der Waals surface area contributed by atoms with Crippen LogP contribution in [0.15, 0.2) is 55.0 Å². The van der Waals surface area contributed by atoms with Gasteiger partial charge in [-0.1, -0.05) is 11.8 Å². The van der Waals surface area contributed by atoms with Crippen LogP contribution in [0.2, 0.25) is 0 Å². The first-order valence-electron chi connectivity index (χ1n) is 12.2. The van der Waals surface area contributed by atoms with E-state index in [0.29, 0.717) is 35.6 Å². The van der Waals surface area contributed by atoms with Crippen molar-refractivity contribution >= 4 is 17.3 Å². The van der Waals surface area contributed by atoms with Crippen molar-refractivity contribution in [3.63, 3.8) is 0 Å². The summed E-state index contributed by atoms with van der Waals surface area (Å²) in [4.78, 5) is 25.7. The Kier molecular flexibility index (Phi) is 8.50. The van der Waals surface area contributed by atoms with E-state index < -0.39 is 0 Å². The normalized spacial score (nSPS) is 13.5. The van der Waals surface area contributed by atoms with Gasteiger partial charge >= 0.3 is 0 Å². The van der Waals surface area contributed by atoms with Crippen molar-refractivity contribution in [2.24, 2.45) is 0 Å². The topological polar surface area (TPSA) is 90.8 Å². The molecule has 1 saturated heterocycles. The molecule has 2 aromatic heterocycles. The minimum absolute atomic E-state index is 0.0417. The number of carbonyl (C=O) groups excluding carboxylic acids is 1. The lowest BCUT2D eigenvalue weighted by Gasteiger charge is -2.26. The average Bonchev–Trinajstić information content (AvgIpc) is 2.91. The summed E-state index contributed by atoms with van der Waals surface area (Å²) >= 11 is 0. The lowest BCUT2D eigenvalue weighted by atomic mass is 10.1. The van der Waals surface area contributed by atoms with E-state index >= 15 is 0 Å². The predicted octanol–water partition coefficient (Wildman–Crippen LogP) is 3.51. The van der Waals surface area contributed by atoms with Crippen molar-refractivity contribution in [2.45, 2.75) is 20.4 Å². The summed E-state index contributed by atoms with van der Waals surface area (Å²) in [5.41, 5.74) is 3.91. The van der Waals surface area contributed by atoms with Gasteiger partial charge in [-0.3, -0.25) is 19.7 Å². The Morgan fingerprint density at radius 2 is 1.89 bits per heavy atom. The molecule has 1 aliphatic heterocycles. The number of rotatable bonds is 7. The molecule has 0 radical (unpaired) electrons. The lowest BCUT2D eigenvalue weighted by Crippen LogP contribution is -2.35. The fourth-order valence-corrected chi connectivity index (χ4v) is 4.03. The van der Waals surface area contributed by atoms with Crippen LogP contribution in [0, 0.1) is 11.8 Å². The lowest BCUT2D eigenvalue weighted by molar-refractivity contribution is 0.0336. The standard InChI is InChI=1S/C28H31N5O3/c1-3-33(4-2)25-16-22(17-26(34)27(25)31-28(35)23-6-5-11-29-19-23)8-7-21-9-10-24(30-18-21)20-32-12-14-36-15-13-32/h5-6,9-11,16-19,34H,3-4,12-15,20H2,1-2H3,(H,31,35). The minimum atomic E-state index is -0.339. The van der Waals surface area contributed by atoms with Crippen molar-refractivity contribution in [2.75, 3.05) is 49.6 Å². The summed E-state index contributed by atoms with van der Waals surface area (Å²) < 4.78 is 5.40. The molecular formula is C28H31N5O3. The van der Waals surface area contributed by atoms with Gasteiger partial charge in [-0.15, -0.1) is 0 Å². The summed E-state index contributed by atoms with van der Waals surface area (Å²) in [5, 5.41) is 13.7. The van der Waals surface area contributed by atoms with E-state index in [1.807, 2.05) is 32.0 Å². The number of ether oxygens (including phenoxy) is 1. The second-order valence-electron chi connectivity index (χ2n) is 8.43. The first-order valence-corrected chi connectivity index (χ1v) is 12.2. The summed E-state index contributed by atoms with van der Waals surface area (Å²) in [6.07, 6.45) is 4.87. The first kappa shape index (κ1) is 25.2. The number of hydrogen-bond donors (Lipinski definition) is 2. The average molecular weight is 486 g/mol. The Morgan fingerprint density at radius 3 is 2.56 bits per heavy atom. The number of pyridine rings is 2. The van der Waals surface area contributed by atoms with Crippen molar-refractivity contribution in [1.82, 2.24) is 14.9 Å². The molecule has 3 aromatic rings. The highest BCUT2D eigenvalue weighted by atomic mass is 16.5. The molecule has 1 amide bonds. The summed E-state index contributed by atoms with van der Waals surface area (Å²) in [7, 11) is 0. The van der Waals surface area contributed by atoms with Crippen LogP contribution >= 0.6 is 0 Å². The summed E-state index contributed by atoms with van der Waals surface area (Å²) in [6, 6.07) is 10.8. The van der Waals surface area contributed by atoms with Crippen LogP contribution in [0.3, 0.4) is 0 Å². The number of nitrogens with zero attached hydrogens (tertiary/aromatic N) is 4. The molecule has 8 heteroatoms. The molecule has 4 rings (SSSR count). The zero-order chi connectivity index (χ0) is 25.3. The largest absolute Gasteiger partial charge is 0.506 e. The quantitative estimate of drug-likeness (QED) is 0.391. The fraction of sp³-hybridized carbons (Fsp3) is 0.321. The molecule has 2 N–H and O–H groups in total. The van der Waals surface area contributed by atoms with Crippen LogP contribution in [0.5, 0.6) is 5.75 Å². The third kappa shape index (κ3) is 6.39. The highest BCUT2D eigenvalue weighted by Gasteiger charge is 2.18. The van der Waals surface area contributed by atoms with Gasteiger partial charge in [0.25, 0.3) is 5.91 Å². The Hall–Kier alpha value is -3.93. The smallest absolute Gasteiger partial charge is 0.257 e. The van der Waals surface area contributed by atoms with Gasteiger partial charge in [-0.05, 0) is 50.2 Å². The number of aromatic nitrogens is 2. The molecule has 0 aliphatic carbocycles. The third-order valence-corrected chi connectivity index (χ3v) is 6.03. The van der Waals surface area contributed by atoms with E-state index in [-0.39, 0.29) is 11.7 Å². The van der Waals surface area contributed by atoms with Gasteiger partial charge < -0.3 is 20.1 Å². The molecule has 0 bridgehead atoms. The number of phenols is 1. The number of carbonyl (C=O) groups is 1. The second kappa shape index (κ2) is 12.2. The van der Waals surface area contributed by atoms with E-state index in [1.165, 1.54) is 6.20 Å². The van der Waals surface area contributed by atoms with Crippen molar-refractivity contribution in [3.8, 4) is 17.6 Å². The number of phenolic OH excluding ortho intramolecular Hbond substituents is 1. The first-order chi connectivity index (χ1) is 17.6. The zero-order valence-electron chi connectivity index (χ0n) is 20.7. The molecule has 0 spiro atoms. The molecule has 8 nitrogen and oxygen atoms in total. The van der Waals surface area contributed by atoms with Crippen LogP contribution in [-0.2, 0) is 11.3 Å². The molecule has 1 aromatic carbocycles. The predicted molar refractivity (Wildman–Crippen MR) is 140 cm³/mol. The molecule has 186 valence electrons. The maximum atomic E-state index is 12.7. The number of morpholine rings is 1. The Morgan fingerprint density at radius 1 is 1.11 bits per heavy atom. The van der Waals surface area contributed by atoms with Crippen LogP contribution in [0.1, 0.15) is 41.0 Å². The van der Waals surface area contributed by atoms with Gasteiger partial charge in [-0.25, -0.2) is 0 Å². The highest BCUT2D eigenvalue weighted by Crippen LogP contribution is 2.36. The number of nitrogens with one attached hydrogen (secondary N) is 1.